The number of piperidine rings is 1. The van der Waals surface area contributed by atoms with Crippen LogP contribution < -0.4 is 5.32 Å². The first-order valence-corrected chi connectivity index (χ1v) is 13.8. The van der Waals surface area contributed by atoms with E-state index in [1.165, 1.54) is 15.6 Å². The van der Waals surface area contributed by atoms with Gasteiger partial charge in [0.15, 0.2) is 0 Å². The zero-order valence-electron chi connectivity index (χ0n) is 19.8. The van der Waals surface area contributed by atoms with Gasteiger partial charge in [-0.05, 0) is 57.9 Å². The zero-order valence-corrected chi connectivity index (χ0v) is 21.4. The number of fused-ring (bicyclic) bond motifs is 1. The summed E-state index contributed by atoms with van der Waals surface area (Å²) in [6.07, 6.45) is 1.91. The van der Waals surface area contributed by atoms with E-state index in [0.29, 0.717) is 36.5 Å². The SMILES string of the molecule is CCOC(=O)c1c(NC(=O)C2CCCN(S(=O)(=O)c3ccc(C)cc3)C2)sc2c1CCN(C)C2. The molecule has 0 bridgehead atoms. The number of rotatable bonds is 6. The minimum absolute atomic E-state index is 0.116. The fourth-order valence-corrected chi connectivity index (χ4v) is 7.33. The monoisotopic (exact) mass is 505 g/mol. The molecule has 2 aliphatic heterocycles. The number of esters is 1. The third-order valence-corrected chi connectivity index (χ3v) is 9.39. The van der Waals surface area contributed by atoms with Crippen molar-refractivity contribution in [1.82, 2.24) is 9.21 Å². The van der Waals surface area contributed by atoms with Crippen molar-refractivity contribution in [3.63, 3.8) is 0 Å². The summed E-state index contributed by atoms with van der Waals surface area (Å²) >= 11 is 1.41. The van der Waals surface area contributed by atoms with Crippen LogP contribution >= 0.6 is 11.3 Å². The molecule has 3 heterocycles. The molecule has 10 heteroatoms. The molecule has 0 saturated carbocycles. The maximum absolute atomic E-state index is 13.2. The Hall–Kier alpha value is -2.27. The summed E-state index contributed by atoms with van der Waals surface area (Å²) in [6, 6.07) is 6.75. The number of benzene rings is 1. The fraction of sp³-hybridized carbons (Fsp3) is 0.500. The third-order valence-electron chi connectivity index (χ3n) is 6.38. The Bertz CT molecular complexity index is 1170. The molecule has 0 radical (unpaired) electrons. The van der Waals surface area contributed by atoms with Crippen LogP contribution in [0.4, 0.5) is 5.00 Å². The van der Waals surface area contributed by atoms with Gasteiger partial charge in [0.25, 0.3) is 0 Å². The van der Waals surface area contributed by atoms with E-state index in [-0.39, 0.29) is 24.0 Å². The van der Waals surface area contributed by atoms with Crippen LogP contribution in [0.5, 0.6) is 0 Å². The van der Waals surface area contributed by atoms with Gasteiger partial charge in [-0.3, -0.25) is 4.79 Å². The largest absolute Gasteiger partial charge is 0.462 e. The maximum atomic E-state index is 13.2. The molecule has 34 heavy (non-hydrogen) atoms. The van der Waals surface area contributed by atoms with Gasteiger partial charge in [0.1, 0.15) is 5.00 Å². The molecule has 1 saturated heterocycles. The van der Waals surface area contributed by atoms with E-state index >= 15 is 0 Å². The summed E-state index contributed by atoms with van der Waals surface area (Å²) in [5.41, 5.74) is 2.38. The summed E-state index contributed by atoms with van der Waals surface area (Å²) in [4.78, 5) is 29.4. The lowest BCUT2D eigenvalue weighted by Gasteiger charge is -2.31. The summed E-state index contributed by atoms with van der Waals surface area (Å²) in [5, 5.41) is 3.45. The molecule has 2 aromatic rings. The minimum atomic E-state index is -3.68. The average Bonchev–Trinajstić information content (AvgIpc) is 3.16. The van der Waals surface area contributed by atoms with Gasteiger partial charge in [0.05, 0.1) is 23.0 Å². The van der Waals surface area contributed by atoms with Gasteiger partial charge in [-0.25, -0.2) is 13.2 Å². The van der Waals surface area contributed by atoms with Crippen LogP contribution in [0.2, 0.25) is 0 Å². The smallest absolute Gasteiger partial charge is 0.341 e. The molecule has 1 fully saturated rings. The second-order valence-corrected chi connectivity index (χ2v) is 12.0. The summed E-state index contributed by atoms with van der Waals surface area (Å²) in [7, 11) is -1.66. The highest BCUT2D eigenvalue weighted by Gasteiger charge is 2.35. The number of carbonyl (C=O) groups excluding carboxylic acids is 2. The number of hydrogen-bond acceptors (Lipinski definition) is 7. The number of carbonyl (C=O) groups is 2. The van der Waals surface area contributed by atoms with Crippen LogP contribution in [0.25, 0.3) is 0 Å². The standard InChI is InChI=1S/C24H31N3O5S2/c1-4-32-24(29)21-19-11-13-26(3)15-20(19)33-23(21)25-22(28)17-6-5-12-27(14-17)34(30,31)18-9-7-16(2)8-10-18/h7-10,17H,4-6,11-15H2,1-3H3,(H,25,28). The van der Waals surface area contributed by atoms with E-state index in [1.54, 1.807) is 31.2 Å². The third kappa shape index (κ3) is 5.05. The Morgan fingerprint density at radius 2 is 1.94 bits per heavy atom. The first kappa shape index (κ1) is 24.8. The van der Waals surface area contributed by atoms with Gasteiger partial charge in [-0.1, -0.05) is 17.7 Å². The van der Waals surface area contributed by atoms with Gasteiger partial charge >= 0.3 is 5.97 Å². The van der Waals surface area contributed by atoms with Gasteiger partial charge in [0.2, 0.25) is 15.9 Å². The van der Waals surface area contributed by atoms with E-state index in [2.05, 4.69) is 10.2 Å². The van der Waals surface area contributed by atoms with Crippen molar-refractivity contribution in [3.8, 4) is 0 Å². The van der Waals surface area contributed by atoms with Crippen molar-refractivity contribution in [2.24, 2.45) is 5.92 Å². The quantitative estimate of drug-likeness (QED) is 0.606. The number of thiophene rings is 1. The molecule has 2 aliphatic rings. The number of ether oxygens (including phenoxy) is 1. The number of nitrogens with one attached hydrogen (secondary N) is 1. The topological polar surface area (TPSA) is 96.0 Å². The lowest BCUT2D eigenvalue weighted by atomic mass is 9.98. The number of anilines is 1. The van der Waals surface area contributed by atoms with E-state index in [1.807, 2.05) is 14.0 Å². The number of hydrogen-bond donors (Lipinski definition) is 1. The van der Waals surface area contributed by atoms with Crippen LogP contribution in [-0.2, 0) is 32.5 Å². The average molecular weight is 506 g/mol. The first-order chi connectivity index (χ1) is 16.2. The number of sulfonamides is 1. The van der Waals surface area contributed by atoms with E-state index < -0.39 is 21.9 Å². The summed E-state index contributed by atoms with van der Waals surface area (Å²) in [5.74, 6) is -1.18. The highest BCUT2D eigenvalue weighted by Crippen LogP contribution is 2.38. The van der Waals surface area contributed by atoms with Crippen molar-refractivity contribution in [1.29, 1.82) is 0 Å². The highest BCUT2D eigenvalue weighted by atomic mass is 32.2. The molecule has 8 nitrogen and oxygen atoms in total. The Balaban J connectivity index is 1.53. The highest BCUT2D eigenvalue weighted by molar-refractivity contribution is 7.89. The molecule has 1 atom stereocenters. The minimum Gasteiger partial charge on any atom is -0.462 e. The Morgan fingerprint density at radius 3 is 2.65 bits per heavy atom. The molecule has 1 amide bonds. The van der Waals surface area contributed by atoms with Gasteiger partial charge in [-0.15, -0.1) is 11.3 Å². The van der Waals surface area contributed by atoms with E-state index in [0.717, 1.165) is 29.0 Å². The Kier molecular flexibility index (Phi) is 7.42. The van der Waals surface area contributed by atoms with Crippen molar-refractivity contribution in [3.05, 3.63) is 45.8 Å². The Labute approximate surface area is 204 Å². The number of likely N-dealkylation sites (N-methyl/N-ethyl adjacent to an activating group) is 1. The number of amides is 1. The van der Waals surface area contributed by atoms with Gasteiger partial charge in [0, 0.05) is 31.1 Å². The molecule has 0 spiro atoms. The van der Waals surface area contributed by atoms with Gasteiger partial charge in [-0.2, -0.15) is 4.31 Å². The van der Waals surface area contributed by atoms with Crippen LogP contribution in [0, 0.1) is 12.8 Å². The Morgan fingerprint density at radius 1 is 1.21 bits per heavy atom. The van der Waals surface area contributed by atoms with Crippen LogP contribution in [0.15, 0.2) is 29.2 Å². The van der Waals surface area contributed by atoms with Crippen LogP contribution in [-0.4, -0.2) is 62.8 Å². The molecule has 0 aliphatic carbocycles. The maximum Gasteiger partial charge on any atom is 0.341 e. The summed E-state index contributed by atoms with van der Waals surface area (Å²) in [6.45, 7) is 5.96. The van der Waals surface area contributed by atoms with Crippen LogP contribution in [0.1, 0.15) is 46.1 Å². The molecule has 4 rings (SSSR count). The summed E-state index contributed by atoms with van der Waals surface area (Å²) < 4.78 is 32.9. The zero-order chi connectivity index (χ0) is 24.5. The second kappa shape index (κ2) is 10.2. The van der Waals surface area contributed by atoms with E-state index in [4.69, 9.17) is 4.74 Å². The normalized spacial score (nSPS) is 19.4. The lowest BCUT2D eigenvalue weighted by molar-refractivity contribution is -0.120. The van der Waals surface area contributed by atoms with Crippen LogP contribution in [0.3, 0.4) is 0 Å². The van der Waals surface area contributed by atoms with Crippen molar-refractivity contribution < 1.29 is 22.7 Å². The van der Waals surface area contributed by atoms with Gasteiger partial charge < -0.3 is 15.0 Å². The number of aryl methyl sites for hydroxylation is 1. The molecular weight excluding hydrogens is 474 g/mol. The van der Waals surface area contributed by atoms with Crippen molar-refractivity contribution >= 4 is 38.2 Å². The predicted molar refractivity (Wildman–Crippen MR) is 132 cm³/mol. The fourth-order valence-electron chi connectivity index (χ4n) is 4.49. The second-order valence-electron chi connectivity index (χ2n) is 8.92. The predicted octanol–water partition coefficient (Wildman–Crippen LogP) is 3.26. The first-order valence-electron chi connectivity index (χ1n) is 11.6. The lowest BCUT2D eigenvalue weighted by Crippen LogP contribution is -2.43. The molecule has 184 valence electrons. The molecule has 1 aromatic heterocycles. The molecular formula is C24H31N3O5S2. The van der Waals surface area contributed by atoms with Crippen molar-refractivity contribution in [2.45, 2.75) is 44.6 Å². The number of nitrogens with zero attached hydrogens (tertiary/aromatic N) is 2. The molecule has 1 unspecified atom stereocenters. The van der Waals surface area contributed by atoms with E-state index in [9.17, 15) is 18.0 Å². The molecule has 1 N–H and O–H groups in total. The van der Waals surface area contributed by atoms with Crippen molar-refractivity contribution in [2.75, 3.05) is 38.6 Å². The molecule has 1 aromatic carbocycles.